The molecule has 67 heavy (non-hydrogen) atoms. The molecule has 0 aromatic heterocycles. The van der Waals surface area contributed by atoms with Gasteiger partial charge in [-0.25, -0.2) is 0 Å². The minimum Gasteiger partial charge on any atom is -0.432 e. The van der Waals surface area contributed by atoms with Crippen LogP contribution in [-0.2, 0) is 42.7 Å². The lowest BCUT2D eigenvalue weighted by Gasteiger charge is -2.64. The van der Waals surface area contributed by atoms with Crippen molar-refractivity contribution >= 4 is 5.97 Å². The molecule has 8 fully saturated rings. The van der Waals surface area contributed by atoms with Gasteiger partial charge in [0.25, 0.3) is 0 Å². The normalized spacial score (nSPS) is 54.5. The molecule has 0 aromatic rings. The molecular formula is C44H70O23. The number of esters is 1. The second kappa shape index (κ2) is 19.4. The van der Waals surface area contributed by atoms with Gasteiger partial charge in [0.05, 0.1) is 37.4 Å². The summed E-state index contributed by atoms with van der Waals surface area (Å²) in [7, 11) is 0. The van der Waals surface area contributed by atoms with Gasteiger partial charge in [0, 0.05) is 0 Å². The lowest BCUT2D eigenvalue weighted by molar-refractivity contribution is -0.400. The van der Waals surface area contributed by atoms with Crippen molar-refractivity contribution in [1.82, 2.24) is 0 Å². The van der Waals surface area contributed by atoms with Crippen LogP contribution in [0.4, 0.5) is 0 Å². The SMILES string of the molecule is C=C1C[C@@]23CC[C@H]4[C@@](C)(CCC[C@@]4(C)C(=O)O[C@@H]4OC(CO)[C@@H](O)C(O)[C@@H]4O)[C@@H]2CC[C@]1(O[C@@H]1OC(CO)[C@@H](O)C(O[C@@H]2OC(CO)[C@@H](O)C(O)[C@@H]2O)[C@@H]1O[C@@H]1OC(CO)[C@@H](O)C(O)[C@@H]1O)C3. The van der Waals surface area contributed by atoms with Crippen LogP contribution in [0, 0.1) is 28.1 Å². The quantitative estimate of drug-likeness (QED) is 0.0494. The number of ether oxygens (including phenoxy) is 8. The predicted octanol–water partition coefficient (Wildman–Crippen LogP) is -5.11. The molecule has 4 aliphatic heterocycles. The first-order chi connectivity index (χ1) is 31.6. The zero-order chi connectivity index (χ0) is 48.7. The fourth-order valence-electron chi connectivity index (χ4n) is 13.5. The number of rotatable bonds is 12. The first-order valence-corrected chi connectivity index (χ1v) is 23.4. The summed E-state index contributed by atoms with van der Waals surface area (Å²) >= 11 is 0. The molecule has 4 saturated heterocycles. The summed E-state index contributed by atoms with van der Waals surface area (Å²) in [5.74, 6) is -0.805. The van der Waals surface area contributed by atoms with Crippen LogP contribution in [0.3, 0.4) is 0 Å². The van der Waals surface area contributed by atoms with E-state index in [1.807, 2.05) is 6.92 Å². The van der Waals surface area contributed by atoms with E-state index < -0.39 is 177 Å². The Morgan fingerprint density at radius 2 is 1.03 bits per heavy atom. The second-order valence-corrected chi connectivity index (χ2v) is 20.8. The number of aliphatic hydroxyl groups is 14. The molecule has 2 bridgehead atoms. The van der Waals surface area contributed by atoms with Gasteiger partial charge in [0.1, 0.15) is 97.7 Å². The van der Waals surface area contributed by atoms with Gasteiger partial charge < -0.3 is 109 Å². The van der Waals surface area contributed by atoms with Crippen molar-refractivity contribution in [1.29, 1.82) is 0 Å². The number of hydrogen-bond acceptors (Lipinski definition) is 23. The van der Waals surface area contributed by atoms with Gasteiger partial charge in [-0.3, -0.25) is 4.79 Å². The van der Waals surface area contributed by atoms with E-state index in [4.69, 9.17) is 37.9 Å². The molecule has 23 nitrogen and oxygen atoms in total. The minimum atomic E-state index is -1.95. The van der Waals surface area contributed by atoms with Gasteiger partial charge in [-0.05, 0) is 86.5 Å². The molecule has 4 aliphatic carbocycles. The summed E-state index contributed by atoms with van der Waals surface area (Å²) in [5, 5.41) is 148. The molecule has 4 saturated carbocycles. The maximum absolute atomic E-state index is 14.3. The summed E-state index contributed by atoms with van der Waals surface area (Å²) < 4.78 is 48.2. The molecule has 0 amide bonds. The largest absolute Gasteiger partial charge is 0.432 e. The van der Waals surface area contributed by atoms with Crippen LogP contribution in [0.1, 0.15) is 71.6 Å². The Hall–Kier alpha value is -1.63. The highest BCUT2D eigenvalue weighted by Gasteiger charge is 2.70. The third-order valence-corrected chi connectivity index (χ3v) is 17.1. The van der Waals surface area contributed by atoms with Crippen molar-refractivity contribution in [2.75, 3.05) is 26.4 Å². The van der Waals surface area contributed by atoms with Crippen LogP contribution in [0.25, 0.3) is 0 Å². The maximum Gasteiger partial charge on any atom is 0.314 e. The molecule has 0 radical (unpaired) electrons. The molecular weight excluding hydrogens is 896 g/mol. The lowest BCUT2D eigenvalue weighted by Crippen LogP contribution is -2.68. The number of aliphatic hydroxyl groups excluding tert-OH is 14. The molecule has 0 aromatic carbocycles. The van der Waals surface area contributed by atoms with Gasteiger partial charge in [-0.2, -0.15) is 0 Å². The van der Waals surface area contributed by atoms with Crippen LogP contribution >= 0.6 is 0 Å². The van der Waals surface area contributed by atoms with Crippen LogP contribution in [0.15, 0.2) is 12.2 Å². The molecule has 26 atom stereocenters. The smallest absolute Gasteiger partial charge is 0.314 e. The number of hydrogen-bond donors (Lipinski definition) is 14. The Kier molecular flexibility index (Phi) is 15.0. The van der Waals surface area contributed by atoms with E-state index in [9.17, 15) is 76.3 Å². The number of fused-ring (bicyclic) bond motifs is 3. The zero-order valence-corrected chi connectivity index (χ0v) is 37.5. The molecule has 8 aliphatic rings. The average molecular weight is 967 g/mol. The maximum atomic E-state index is 14.3. The Morgan fingerprint density at radius 3 is 1.57 bits per heavy atom. The van der Waals surface area contributed by atoms with Crippen LogP contribution in [0.2, 0.25) is 0 Å². The fourth-order valence-corrected chi connectivity index (χ4v) is 13.5. The summed E-state index contributed by atoms with van der Waals surface area (Å²) in [6.45, 7) is 5.41. The van der Waals surface area contributed by atoms with Crippen molar-refractivity contribution in [3.05, 3.63) is 12.2 Å². The highest BCUT2D eigenvalue weighted by atomic mass is 16.8. The standard InChI is InChI=1S/C44H70O23/c1-17-11-43-9-5-22-41(2,7-4-8-42(22,3)40(59)66-38-33(58)30(55)26(51)20(14-47)62-38)23(43)6-10-44(17,16-43)67-39-35(65-37-32(57)29(54)25(50)19(13-46)61-37)34(27(52)21(15-48)63-39)64-36-31(56)28(53)24(49)18(12-45)60-36/h18-39,45-58H,1,4-16H2,2-3H3/t18?,19?,20?,21?,22-,23-,24+,25+,26+,27+,28?,29?,30?,31-,32-,33-,34?,35-,36-,37-,38-,39-,41+,42+,43+,44-/m0/s1. The second-order valence-electron chi connectivity index (χ2n) is 20.8. The van der Waals surface area contributed by atoms with Crippen molar-refractivity contribution in [3.8, 4) is 0 Å². The number of carbonyl (C=O) groups excluding carboxylic acids is 1. The summed E-state index contributed by atoms with van der Waals surface area (Å²) in [5.41, 5.74) is -2.33. The predicted molar refractivity (Wildman–Crippen MR) is 219 cm³/mol. The van der Waals surface area contributed by atoms with Crippen molar-refractivity contribution in [2.45, 2.75) is 200 Å². The van der Waals surface area contributed by atoms with E-state index >= 15 is 0 Å². The van der Waals surface area contributed by atoms with Gasteiger partial charge >= 0.3 is 5.97 Å². The third kappa shape index (κ3) is 8.63. The highest BCUT2D eigenvalue weighted by molar-refractivity contribution is 5.77. The minimum absolute atomic E-state index is 0.0251. The topological polar surface area (TPSA) is 374 Å². The van der Waals surface area contributed by atoms with Gasteiger partial charge in [0.2, 0.25) is 6.29 Å². The van der Waals surface area contributed by atoms with Gasteiger partial charge in [-0.15, -0.1) is 0 Å². The monoisotopic (exact) mass is 966 g/mol. The Bertz CT molecular complexity index is 1760. The number of carbonyl (C=O) groups is 1. The molecule has 384 valence electrons. The van der Waals surface area contributed by atoms with Gasteiger partial charge in [-0.1, -0.05) is 19.9 Å². The van der Waals surface area contributed by atoms with Crippen molar-refractivity contribution in [3.63, 3.8) is 0 Å². The first kappa shape index (κ1) is 51.7. The van der Waals surface area contributed by atoms with Crippen molar-refractivity contribution in [2.24, 2.45) is 28.1 Å². The van der Waals surface area contributed by atoms with E-state index in [1.165, 1.54) is 0 Å². The van der Waals surface area contributed by atoms with Crippen LogP contribution in [0.5, 0.6) is 0 Å². The fraction of sp³-hybridized carbons (Fsp3) is 0.932. The van der Waals surface area contributed by atoms with E-state index in [-0.39, 0.29) is 11.8 Å². The Balaban J connectivity index is 1.06. The van der Waals surface area contributed by atoms with Crippen LogP contribution < -0.4 is 0 Å². The summed E-state index contributed by atoms with van der Waals surface area (Å²) in [6.07, 6.45) is -29.1. The zero-order valence-electron chi connectivity index (χ0n) is 37.5. The lowest BCUT2D eigenvalue weighted by atomic mass is 9.41. The molecule has 1 spiro atoms. The van der Waals surface area contributed by atoms with E-state index in [0.29, 0.717) is 56.9 Å². The Morgan fingerprint density at radius 1 is 0.567 bits per heavy atom. The molecule has 8 rings (SSSR count). The first-order valence-electron chi connectivity index (χ1n) is 23.4. The van der Waals surface area contributed by atoms with Crippen molar-refractivity contribution < 1.29 is 114 Å². The van der Waals surface area contributed by atoms with Crippen LogP contribution in [-0.4, -0.2) is 232 Å². The van der Waals surface area contributed by atoms with Gasteiger partial charge in [0.15, 0.2) is 18.9 Å². The highest BCUT2D eigenvalue weighted by Crippen LogP contribution is 2.74. The summed E-state index contributed by atoms with van der Waals surface area (Å²) in [4.78, 5) is 14.3. The average Bonchev–Trinajstić information content (AvgIpc) is 3.50. The molecule has 23 heteroatoms. The Labute approximate surface area is 386 Å². The summed E-state index contributed by atoms with van der Waals surface area (Å²) in [6, 6.07) is 0. The molecule has 14 N–H and O–H groups in total. The molecule has 8 unspecified atom stereocenters. The van der Waals surface area contributed by atoms with E-state index in [0.717, 1.165) is 6.42 Å². The van der Waals surface area contributed by atoms with E-state index in [1.54, 1.807) is 0 Å². The van der Waals surface area contributed by atoms with E-state index in [2.05, 4.69) is 13.5 Å². The molecule has 4 heterocycles. The third-order valence-electron chi connectivity index (χ3n) is 17.1.